The Labute approximate surface area is 199 Å². The number of benzene rings is 1. The number of nitrogens with zero attached hydrogens (tertiary/aromatic N) is 3. The van der Waals surface area contributed by atoms with E-state index in [2.05, 4.69) is 33.1 Å². The summed E-state index contributed by atoms with van der Waals surface area (Å²) < 4.78 is 25.2. The highest BCUT2D eigenvalue weighted by atomic mass is 32.2. The fourth-order valence-corrected chi connectivity index (χ4v) is 5.95. The number of rotatable bonds is 5. The van der Waals surface area contributed by atoms with E-state index in [-0.39, 0.29) is 11.9 Å². The van der Waals surface area contributed by atoms with E-state index in [4.69, 9.17) is 0 Å². The van der Waals surface area contributed by atoms with Crippen LogP contribution < -0.4 is 0 Å². The van der Waals surface area contributed by atoms with Crippen molar-refractivity contribution in [2.75, 3.05) is 32.4 Å². The Kier molecular flexibility index (Phi) is 6.10. The van der Waals surface area contributed by atoms with E-state index >= 15 is 0 Å². The van der Waals surface area contributed by atoms with E-state index in [0.29, 0.717) is 36.6 Å². The van der Waals surface area contributed by atoms with Gasteiger partial charge in [0.2, 0.25) is 0 Å². The molecule has 0 radical (unpaired) electrons. The number of aromatic nitrogens is 2. The second kappa shape index (κ2) is 9.19. The van der Waals surface area contributed by atoms with Gasteiger partial charge in [0.1, 0.15) is 0 Å². The Morgan fingerprint density at radius 3 is 2.62 bits per heavy atom. The van der Waals surface area contributed by atoms with Crippen LogP contribution in [-0.4, -0.2) is 66.5 Å². The fraction of sp³-hybridized carbons (Fsp3) is 0.308. The second-order valence-corrected chi connectivity index (χ2v) is 10.9. The number of aromatic amines is 1. The molecule has 1 aromatic carbocycles. The van der Waals surface area contributed by atoms with Gasteiger partial charge < -0.3 is 9.88 Å². The highest BCUT2D eigenvalue weighted by Crippen LogP contribution is 2.37. The van der Waals surface area contributed by atoms with Gasteiger partial charge in [0, 0.05) is 56.4 Å². The van der Waals surface area contributed by atoms with Gasteiger partial charge in [-0.15, -0.1) is 0 Å². The normalized spacial score (nSPS) is 18.1. The van der Waals surface area contributed by atoms with Crippen LogP contribution in [0.1, 0.15) is 34.8 Å². The van der Waals surface area contributed by atoms with Crippen molar-refractivity contribution in [1.29, 1.82) is 0 Å². The molecule has 2 aromatic heterocycles. The minimum absolute atomic E-state index is 0.0342. The summed E-state index contributed by atoms with van der Waals surface area (Å²) in [5, 5.41) is 0.916. The lowest BCUT2D eigenvalue weighted by Gasteiger charge is -2.41. The molecule has 1 aliphatic heterocycles. The zero-order chi connectivity index (χ0) is 23.7. The third-order valence-electron chi connectivity index (χ3n) is 6.67. The van der Waals surface area contributed by atoms with Crippen molar-refractivity contribution in [2.24, 2.45) is 0 Å². The van der Waals surface area contributed by atoms with Crippen LogP contribution in [-0.2, 0) is 9.84 Å². The fourth-order valence-electron chi connectivity index (χ4n) is 5.02. The molecule has 0 bridgehead atoms. The first kappa shape index (κ1) is 22.6. The molecule has 1 fully saturated rings. The van der Waals surface area contributed by atoms with Gasteiger partial charge in [-0.1, -0.05) is 36.4 Å². The number of hydrogen-bond donors (Lipinski definition) is 1. The molecule has 1 amide bonds. The van der Waals surface area contributed by atoms with Crippen LogP contribution in [0.4, 0.5) is 0 Å². The van der Waals surface area contributed by atoms with Gasteiger partial charge in [-0.3, -0.25) is 14.7 Å². The van der Waals surface area contributed by atoms with Crippen LogP contribution in [0.5, 0.6) is 0 Å². The number of carbonyl (C=O) groups is 1. The molecule has 2 aliphatic rings. The van der Waals surface area contributed by atoms with Crippen LogP contribution in [0.15, 0.2) is 77.6 Å². The van der Waals surface area contributed by atoms with Crippen molar-refractivity contribution in [3.63, 3.8) is 0 Å². The van der Waals surface area contributed by atoms with E-state index < -0.39 is 9.84 Å². The molecule has 3 heterocycles. The predicted molar refractivity (Wildman–Crippen MR) is 132 cm³/mol. The summed E-state index contributed by atoms with van der Waals surface area (Å²) in [6.07, 6.45) is 14.6. The predicted octanol–water partition coefficient (Wildman–Crippen LogP) is 3.74. The Bertz CT molecular complexity index is 1380. The van der Waals surface area contributed by atoms with Crippen LogP contribution in [0.2, 0.25) is 0 Å². The average Bonchev–Trinajstić information content (AvgIpc) is 3.34. The molecule has 8 heteroatoms. The smallest absolute Gasteiger partial charge is 0.257 e. The lowest BCUT2D eigenvalue weighted by molar-refractivity contribution is 0.0592. The molecule has 1 N–H and O–H groups in total. The monoisotopic (exact) mass is 476 g/mol. The van der Waals surface area contributed by atoms with Gasteiger partial charge in [-0.2, -0.15) is 0 Å². The lowest BCUT2D eigenvalue weighted by atomic mass is 9.90. The van der Waals surface area contributed by atoms with Crippen molar-refractivity contribution < 1.29 is 13.2 Å². The number of amides is 1. The molecule has 1 saturated heterocycles. The minimum Gasteiger partial charge on any atom is -0.360 e. The Morgan fingerprint density at radius 2 is 1.88 bits per heavy atom. The highest BCUT2D eigenvalue weighted by Gasteiger charge is 2.32. The van der Waals surface area contributed by atoms with Crippen LogP contribution in [0.25, 0.3) is 10.9 Å². The summed E-state index contributed by atoms with van der Waals surface area (Å²) in [6, 6.07) is 9.07. The maximum atomic E-state index is 13.3. The number of fused-ring (bicyclic) bond motifs is 1. The molecule has 5 rings (SSSR count). The number of piperazine rings is 1. The third-order valence-corrected chi connectivity index (χ3v) is 7.84. The number of pyridine rings is 1. The maximum absolute atomic E-state index is 13.3. The van der Waals surface area contributed by atoms with E-state index in [1.165, 1.54) is 11.8 Å². The minimum atomic E-state index is -3.38. The Hall–Kier alpha value is -3.23. The van der Waals surface area contributed by atoms with E-state index in [1.54, 1.807) is 24.5 Å². The van der Waals surface area contributed by atoms with E-state index in [0.717, 1.165) is 29.3 Å². The summed E-state index contributed by atoms with van der Waals surface area (Å²) in [7, 11) is -3.38. The number of H-pyrrole nitrogens is 1. The zero-order valence-corrected chi connectivity index (χ0v) is 20.0. The van der Waals surface area contributed by atoms with Gasteiger partial charge >= 0.3 is 0 Å². The molecule has 0 spiro atoms. The van der Waals surface area contributed by atoms with Crippen molar-refractivity contribution in [1.82, 2.24) is 19.8 Å². The SMILES string of the molecule is CS(=O)(=O)c1ccccc1C(C1=CC=CCC1)N1CCN(C(=O)c2cncc3cc[nH]c23)CC1. The van der Waals surface area contributed by atoms with Crippen molar-refractivity contribution in [3.05, 3.63) is 83.9 Å². The van der Waals surface area contributed by atoms with Crippen LogP contribution >= 0.6 is 0 Å². The molecule has 7 nitrogen and oxygen atoms in total. The molecule has 1 aliphatic carbocycles. The summed E-state index contributed by atoms with van der Waals surface area (Å²) >= 11 is 0. The number of carbonyl (C=O) groups excluding carboxylic acids is 1. The molecular weight excluding hydrogens is 448 g/mol. The number of nitrogens with one attached hydrogen (secondary N) is 1. The zero-order valence-electron chi connectivity index (χ0n) is 19.1. The molecule has 1 unspecified atom stereocenters. The standard InChI is InChI=1S/C26H28N4O3S/c1-34(32,33)23-10-6-5-9-21(23)25(19-7-3-2-4-8-19)29-13-15-30(16-14-29)26(31)22-18-27-17-20-11-12-28-24(20)22/h2-3,5-7,9-12,17-18,25,28H,4,8,13-16H2,1H3. The number of hydrogen-bond acceptors (Lipinski definition) is 5. The van der Waals surface area contributed by atoms with E-state index in [1.807, 2.05) is 29.3 Å². The topological polar surface area (TPSA) is 86.4 Å². The molecule has 3 aromatic rings. The third kappa shape index (κ3) is 4.31. The highest BCUT2D eigenvalue weighted by molar-refractivity contribution is 7.90. The number of sulfone groups is 1. The molecule has 176 valence electrons. The summed E-state index contributed by atoms with van der Waals surface area (Å²) in [5.74, 6) is -0.0342. The van der Waals surface area contributed by atoms with E-state index in [9.17, 15) is 13.2 Å². The van der Waals surface area contributed by atoms with Crippen molar-refractivity contribution >= 4 is 26.6 Å². The lowest BCUT2D eigenvalue weighted by Crippen LogP contribution is -2.50. The number of allylic oxidation sites excluding steroid dienone is 3. The Morgan fingerprint density at radius 1 is 1.09 bits per heavy atom. The van der Waals surface area contributed by atoms with Gasteiger partial charge in [0.25, 0.3) is 5.91 Å². The first-order chi connectivity index (χ1) is 16.4. The van der Waals surface area contributed by atoms with Gasteiger partial charge in [0.15, 0.2) is 9.84 Å². The first-order valence-corrected chi connectivity index (χ1v) is 13.4. The average molecular weight is 477 g/mol. The quantitative estimate of drug-likeness (QED) is 0.606. The first-order valence-electron chi connectivity index (χ1n) is 11.5. The van der Waals surface area contributed by atoms with Crippen molar-refractivity contribution in [2.45, 2.75) is 23.8 Å². The van der Waals surface area contributed by atoms with Gasteiger partial charge in [-0.05, 0) is 36.1 Å². The summed E-state index contributed by atoms with van der Waals surface area (Å²) in [6.45, 7) is 2.44. The van der Waals surface area contributed by atoms with Crippen LogP contribution in [0, 0.1) is 0 Å². The second-order valence-electron chi connectivity index (χ2n) is 8.88. The molecule has 1 atom stereocenters. The summed E-state index contributed by atoms with van der Waals surface area (Å²) in [4.78, 5) is 25.2. The molecular formula is C26H28N4O3S. The molecule has 34 heavy (non-hydrogen) atoms. The maximum Gasteiger partial charge on any atom is 0.257 e. The Balaban J connectivity index is 1.42. The van der Waals surface area contributed by atoms with Gasteiger partial charge in [0.05, 0.1) is 22.0 Å². The van der Waals surface area contributed by atoms with Crippen LogP contribution in [0.3, 0.4) is 0 Å². The summed E-state index contributed by atoms with van der Waals surface area (Å²) in [5.41, 5.74) is 3.40. The van der Waals surface area contributed by atoms with Gasteiger partial charge in [-0.25, -0.2) is 8.42 Å². The largest absolute Gasteiger partial charge is 0.360 e. The molecule has 0 saturated carbocycles. The van der Waals surface area contributed by atoms with Crippen molar-refractivity contribution in [3.8, 4) is 0 Å².